The standard InChI is InChI=1S/C27H25N3O8/c1-4-37-18-12-10-16(11-13-18)28-26(31)23-24(19-14-21(35-2)22(36-3)15-20(19)30(33)34)29(38-25(23)27(28)32)17-8-6-5-7-9-17/h5-15,23-25H,4H2,1-3H3/t23-,24+,25+/m1/s1. The van der Waals surface area contributed by atoms with Gasteiger partial charge in [-0.15, -0.1) is 0 Å². The van der Waals surface area contributed by atoms with Gasteiger partial charge in [0.2, 0.25) is 5.91 Å². The average Bonchev–Trinajstić information content (AvgIpc) is 3.44. The van der Waals surface area contributed by atoms with Crippen molar-refractivity contribution in [3.63, 3.8) is 0 Å². The fourth-order valence-corrected chi connectivity index (χ4v) is 4.92. The maximum atomic E-state index is 13.9. The fourth-order valence-electron chi connectivity index (χ4n) is 4.92. The molecule has 3 aromatic carbocycles. The monoisotopic (exact) mass is 519 g/mol. The number of nitrogens with zero attached hydrogens (tertiary/aromatic N) is 3. The number of nitro benzene ring substituents is 1. The van der Waals surface area contributed by atoms with Gasteiger partial charge in [-0.25, -0.2) is 9.96 Å². The van der Waals surface area contributed by atoms with Crippen LogP contribution in [-0.4, -0.2) is 43.7 Å². The van der Waals surface area contributed by atoms with Crippen LogP contribution in [0.2, 0.25) is 0 Å². The summed E-state index contributed by atoms with van der Waals surface area (Å²) in [6.07, 6.45) is -1.19. The Morgan fingerprint density at radius 1 is 0.921 bits per heavy atom. The van der Waals surface area contributed by atoms with Gasteiger partial charge in [0.1, 0.15) is 17.7 Å². The first-order chi connectivity index (χ1) is 18.4. The van der Waals surface area contributed by atoms with E-state index in [0.29, 0.717) is 23.7 Å². The van der Waals surface area contributed by atoms with Gasteiger partial charge in [0.15, 0.2) is 17.6 Å². The number of ether oxygens (including phenoxy) is 3. The van der Waals surface area contributed by atoms with E-state index in [9.17, 15) is 19.7 Å². The van der Waals surface area contributed by atoms with Crippen molar-refractivity contribution in [3.05, 3.63) is 82.4 Å². The molecule has 0 unspecified atom stereocenters. The largest absolute Gasteiger partial charge is 0.494 e. The molecule has 5 rings (SSSR count). The van der Waals surface area contributed by atoms with E-state index in [1.165, 1.54) is 31.4 Å². The summed E-state index contributed by atoms with van der Waals surface area (Å²) in [5.41, 5.74) is 0.744. The van der Waals surface area contributed by atoms with Crippen LogP contribution in [0.4, 0.5) is 17.1 Å². The third kappa shape index (κ3) is 4.06. The van der Waals surface area contributed by atoms with Crippen LogP contribution in [0.3, 0.4) is 0 Å². The maximum absolute atomic E-state index is 13.9. The highest BCUT2D eigenvalue weighted by Crippen LogP contribution is 2.51. The lowest BCUT2D eigenvalue weighted by Crippen LogP contribution is -2.37. The van der Waals surface area contributed by atoms with Crippen molar-refractivity contribution < 1.29 is 33.6 Å². The van der Waals surface area contributed by atoms with E-state index in [4.69, 9.17) is 19.0 Å². The number of imide groups is 1. The Labute approximate surface area is 218 Å². The third-order valence-electron chi connectivity index (χ3n) is 6.58. The third-order valence-corrected chi connectivity index (χ3v) is 6.58. The molecular formula is C27H25N3O8. The molecule has 2 heterocycles. The minimum atomic E-state index is -1.19. The summed E-state index contributed by atoms with van der Waals surface area (Å²) in [4.78, 5) is 46.2. The molecule has 0 spiro atoms. The van der Waals surface area contributed by atoms with Crippen LogP contribution < -0.4 is 24.2 Å². The molecule has 2 saturated heterocycles. The van der Waals surface area contributed by atoms with Crippen molar-refractivity contribution in [2.45, 2.75) is 19.1 Å². The first-order valence-corrected chi connectivity index (χ1v) is 11.9. The fraction of sp³-hybridized carbons (Fsp3) is 0.259. The number of hydroxylamine groups is 1. The summed E-state index contributed by atoms with van der Waals surface area (Å²) in [6.45, 7) is 2.33. The van der Waals surface area contributed by atoms with Crippen molar-refractivity contribution in [1.29, 1.82) is 0 Å². The summed E-state index contributed by atoms with van der Waals surface area (Å²) in [5, 5.41) is 13.6. The molecular weight excluding hydrogens is 494 g/mol. The maximum Gasteiger partial charge on any atom is 0.278 e. The van der Waals surface area contributed by atoms with Crippen molar-refractivity contribution in [2.75, 3.05) is 30.8 Å². The normalized spacial score (nSPS) is 20.4. The number of hydrogen-bond acceptors (Lipinski definition) is 9. The van der Waals surface area contributed by atoms with Crippen molar-refractivity contribution in [3.8, 4) is 17.2 Å². The van der Waals surface area contributed by atoms with Crippen LogP contribution in [0.5, 0.6) is 17.2 Å². The van der Waals surface area contributed by atoms with Gasteiger partial charge in [-0.05, 0) is 49.4 Å². The van der Waals surface area contributed by atoms with E-state index in [1.807, 2.05) is 6.92 Å². The molecule has 2 aliphatic heterocycles. The number of para-hydroxylation sites is 1. The Bertz CT molecular complexity index is 1380. The Morgan fingerprint density at radius 3 is 2.18 bits per heavy atom. The van der Waals surface area contributed by atoms with E-state index in [0.717, 1.165) is 4.90 Å². The van der Waals surface area contributed by atoms with Crippen LogP contribution >= 0.6 is 0 Å². The van der Waals surface area contributed by atoms with Gasteiger partial charge < -0.3 is 14.2 Å². The first-order valence-electron chi connectivity index (χ1n) is 11.9. The molecule has 0 N–H and O–H groups in total. The minimum Gasteiger partial charge on any atom is -0.494 e. The molecule has 2 amide bonds. The highest BCUT2D eigenvalue weighted by molar-refractivity contribution is 6.24. The highest BCUT2D eigenvalue weighted by atomic mass is 16.7. The zero-order valence-corrected chi connectivity index (χ0v) is 20.9. The molecule has 0 bridgehead atoms. The van der Waals surface area contributed by atoms with Crippen molar-refractivity contribution in [1.82, 2.24) is 0 Å². The number of rotatable bonds is 8. The lowest BCUT2D eigenvalue weighted by Gasteiger charge is -2.29. The number of hydrogen-bond donors (Lipinski definition) is 0. The predicted octanol–water partition coefficient (Wildman–Crippen LogP) is 4.06. The Hall–Kier alpha value is -4.64. The second-order valence-corrected chi connectivity index (χ2v) is 8.62. The molecule has 38 heavy (non-hydrogen) atoms. The number of fused-ring (bicyclic) bond motifs is 1. The van der Waals surface area contributed by atoms with Gasteiger partial charge in [-0.2, -0.15) is 0 Å². The average molecular weight is 520 g/mol. The summed E-state index contributed by atoms with van der Waals surface area (Å²) >= 11 is 0. The number of carbonyl (C=O) groups is 2. The predicted molar refractivity (Wildman–Crippen MR) is 136 cm³/mol. The number of methoxy groups -OCH3 is 2. The number of anilines is 2. The topological polar surface area (TPSA) is 121 Å². The smallest absolute Gasteiger partial charge is 0.278 e. The summed E-state index contributed by atoms with van der Waals surface area (Å²) in [5.74, 6) is -1.15. The van der Waals surface area contributed by atoms with E-state index < -0.39 is 34.8 Å². The van der Waals surface area contributed by atoms with Gasteiger partial charge in [0, 0.05) is 0 Å². The quantitative estimate of drug-likeness (QED) is 0.246. The van der Waals surface area contributed by atoms with Gasteiger partial charge >= 0.3 is 0 Å². The number of amides is 2. The van der Waals surface area contributed by atoms with E-state index in [2.05, 4.69) is 0 Å². The highest BCUT2D eigenvalue weighted by Gasteiger charge is 2.61. The van der Waals surface area contributed by atoms with Crippen molar-refractivity contribution >= 4 is 28.9 Å². The molecule has 3 atom stereocenters. The first kappa shape index (κ1) is 25.0. The zero-order valence-electron chi connectivity index (χ0n) is 20.9. The zero-order chi connectivity index (χ0) is 27.0. The van der Waals surface area contributed by atoms with Gasteiger partial charge in [-0.3, -0.25) is 24.5 Å². The van der Waals surface area contributed by atoms with Gasteiger partial charge in [0.25, 0.3) is 11.6 Å². The number of carbonyl (C=O) groups excluding carboxylic acids is 2. The van der Waals surface area contributed by atoms with Gasteiger partial charge in [-0.1, -0.05) is 18.2 Å². The Morgan fingerprint density at radius 2 is 1.58 bits per heavy atom. The summed E-state index contributed by atoms with van der Waals surface area (Å²) in [7, 11) is 2.79. The van der Waals surface area contributed by atoms with E-state index >= 15 is 0 Å². The lowest BCUT2D eigenvalue weighted by molar-refractivity contribution is -0.385. The van der Waals surface area contributed by atoms with Gasteiger partial charge in [0.05, 0.1) is 48.8 Å². The van der Waals surface area contributed by atoms with Crippen LogP contribution in [0, 0.1) is 16.0 Å². The second-order valence-electron chi connectivity index (χ2n) is 8.62. The molecule has 2 fully saturated rings. The Balaban J connectivity index is 1.63. The van der Waals surface area contributed by atoms with Crippen LogP contribution in [0.25, 0.3) is 0 Å². The van der Waals surface area contributed by atoms with E-state index in [1.54, 1.807) is 54.6 Å². The molecule has 0 aromatic heterocycles. The molecule has 0 radical (unpaired) electrons. The molecule has 11 nitrogen and oxygen atoms in total. The summed E-state index contributed by atoms with van der Waals surface area (Å²) in [6, 6.07) is 17.1. The SMILES string of the molecule is CCOc1ccc(N2C(=O)[C@H]3[C@H](ON(c4ccccc4)[C@H]3c3cc(OC)c(OC)cc3[N+](=O)[O-])C2=O)cc1. The van der Waals surface area contributed by atoms with Crippen LogP contribution in [0.15, 0.2) is 66.7 Å². The second kappa shape index (κ2) is 10.0. The minimum absolute atomic E-state index is 0.152. The molecule has 11 heteroatoms. The lowest BCUT2D eigenvalue weighted by atomic mass is 9.89. The number of benzene rings is 3. The molecule has 0 saturated carbocycles. The molecule has 196 valence electrons. The molecule has 3 aromatic rings. The summed E-state index contributed by atoms with van der Waals surface area (Å²) < 4.78 is 16.1. The number of nitro groups is 1. The molecule has 2 aliphatic rings. The van der Waals surface area contributed by atoms with E-state index in [-0.39, 0.29) is 22.7 Å². The van der Waals surface area contributed by atoms with Crippen LogP contribution in [0.1, 0.15) is 18.5 Å². The van der Waals surface area contributed by atoms with Crippen LogP contribution in [-0.2, 0) is 14.4 Å². The van der Waals surface area contributed by atoms with Crippen molar-refractivity contribution in [2.24, 2.45) is 5.92 Å². The molecule has 0 aliphatic carbocycles. The Kier molecular flexibility index (Phi) is 6.60.